The van der Waals surface area contributed by atoms with Gasteiger partial charge in [-0.05, 0) is 55.3 Å². The molecule has 2 aromatic carbocycles. The monoisotopic (exact) mass is 348 g/mol. The van der Waals surface area contributed by atoms with Crippen molar-refractivity contribution in [1.82, 2.24) is 5.32 Å². The van der Waals surface area contributed by atoms with E-state index in [0.29, 0.717) is 29.6 Å². The molecule has 2 aromatic rings. The van der Waals surface area contributed by atoms with E-state index in [1.165, 1.54) is 7.11 Å². The van der Waals surface area contributed by atoms with E-state index in [9.17, 15) is 4.79 Å². The van der Waals surface area contributed by atoms with Crippen molar-refractivity contribution in [2.45, 2.75) is 13.8 Å². The fourth-order valence-corrected chi connectivity index (χ4v) is 2.47. The summed E-state index contributed by atoms with van der Waals surface area (Å²) < 4.78 is 10.8. The molecule has 6 heteroatoms. The number of ether oxygens (including phenoxy) is 2. The number of hydrogen-bond acceptors (Lipinski definition) is 3. The standard InChI is InChI=1S/C18H21ClN2O3/c1-12-8-13(2)10-15(9-12)24-7-6-20-18(22)21-16-11-14(19)4-5-17(16)23-3/h4-5,8-11H,6-7H2,1-3H3,(H2,20,21,22). The lowest BCUT2D eigenvalue weighted by Gasteiger charge is -2.12. The van der Waals surface area contributed by atoms with E-state index in [1.54, 1.807) is 18.2 Å². The average molecular weight is 349 g/mol. The molecule has 0 atom stereocenters. The summed E-state index contributed by atoms with van der Waals surface area (Å²) in [6.45, 7) is 4.79. The third-order valence-electron chi connectivity index (χ3n) is 3.26. The Morgan fingerprint density at radius 2 is 1.83 bits per heavy atom. The van der Waals surface area contributed by atoms with Gasteiger partial charge in [0.1, 0.15) is 18.1 Å². The second kappa shape index (κ2) is 8.45. The highest BCUT2D eigenvalue weighted by molar-refractivity contribution is 6.31. The van der Waals surface area contributed by atoms with Crippen LogP contribution >= 0.6 is 11.6 Å². The lowest BCUT2D eigenvalue weighted by Crippen LogP contribution is -2.32. The van der Waals surface area contributed by atoms with Gasteiger partial charge in [0.05, 0.1) is 19.3 Å². The Bertz CT molecular complexity index is 699. The van der Waals surface area contributed by atoms with Crippen LogP contribution < -0.4 is 20.1 Å². The quantitative estimate of drug-likeness (QED) is 0.770. The number of amides is 2. The molecule has 0 aliphatic rings. The van der Waals surface area contributed by atoms with Crippen LogP contribution in [0.3, 0.4) is 0 Å². The Morgan fingerprint density at radius 1 is 1.12 bits per heavy atom. The average Bonchev–Trinajstić information content (AvgIpc) is 2.51. The van der Waals surface area contributed by atoms with Gasteiger partial charge in [-0.25, -0.2) is 4.79 Å². The zero-order valence-corrected chi connectivity index (χ0v) is 14.7. The Balaban J connectivity index is 1.80. The number of aryl methyl sites for hydroxylation is 2. The van der Waals surface area contributed by atoms with Crippen LogP contribution in [0.2, 0.25) is 5.02 Å². The van der Waals surface area contributed by atoms with Crippen molar-refractivity contribution in [2.75, 3.05) is 25.6 Å². The molecule has 0 saturated heterocycles. The summed E-state index contributed by atoms with van der Waals surface area (Å²) in [5.74, 6) is 1.34. The number of anilines is 1. The van der Waals surface area contributed by atoms with Gasteiger partial charge in [0.25, 0.3) is 0 Å². The predicted octanol–water partition coefficient (Wildman–Crippen LogP) is 4.17. The van der Waals surface area contributed by atoms with E-state index in [-0.39, 0.29) is 6.03 Å². The van der Waals surface area contributed by atoms with E-state index in [4.69, 9.17) is 21.1 Å². The number of carbonyl (C=O) groups excluding carboxylic acids is 1. The Hall–Kier alpha value is -2.40. The van der Waals surface area contributed by atoms with Crippen molar-refractivity contribution < 1.29 is 14.3 Å². The van der Waals surface area contributed by atoms with E-state index < -0.39 is 0 Å². The number of nitrogens with one attached hydrogen (secondary N) is 2. The van der Waals surface area contributed by atoms with Gasteiger partial charge in [-0.1, -0.05) is 17.7 Å². The molecule has 0 aromatic heterocycles. The third-order valence-corrected chi connectivity index (χ3v) is 3.50. The van der Waals surface area contributed by atoms with Crippen LogP contribution in [0.1, 0.15) is 11.1 Å². The summed E-state index contributed by atoms with van der Waals surface area (Å²) in [6.07, 6.45) is 0. The first-order valence-corrected chi connectivity index (χ1v) is 7.95. The molecule has 2 rings (SSSR count). The molecule has 0 radical (unpaired) electrons. The van der Waals surface area contributed by atoms with Crippen LogP contribution in [0.25, 0.3) is 0 Å². The molecule has 128 valence electrons. The highest BCUT2D eigenvalue weighted by atomic mass is 35.5. The van der Waals surface area contributed by atoms with Gasteiger partial charge >= 0.3 is 6.03 Å². The van der Waals surface area contributed by atoms with E-state index >= 15 is 0 Å². The molecule has 5 nitrogen and oxygen atoms in total. The van der Waals surface area contributed by atoms with Gasteiger partial charge in [0, 0.05) is 5.02 Å². The predicted molar refractivity (Wildman–Crippen MR) is 96.4 cm³/mol. The third kappa shape index (κ3) is 5.35. The van der Waals surface area contributed by atoms with Gasteiger partial charge in [0.2, 0.25) is 0 Å². The van der Waals surface area contributed by atoms with Crippen molar-refractivity contribution in [3.63, 3.8) is 0 Å². The number of methoxy groups -OCH3 is 1. The van der Waals surface area contributed by atoms with Crippen LogP contribution in [-0.4, -0.2) is 26.3 Å². The largest absolute Gasteiger partial charge is 0.495 e. The molecule has 0 unspecified atom stereocenters. The minimum atomic E-state index is -0.348. The topological polar surface area (TPSA) is 59.6 Å². The van der Waals surface area contributed by atoms with E-state index in [0.717, 1.165) is 16.9 Å². The summed E-state index contributed by atoms with van der Waals surface area (Å²) in [5.41, 5.74) is 2.80. The summed E-state index contributed by atoms with van der Waals surface area (Å²) in [6, 6.07) is 10.7. The van der Waals surface area contributed by atoms with Crippen molar-refractivity contribution in [3.05, 3.63) is 52.5 Å². The molecule has 0 fully saturated rings. The number of hydrogen-bond donors (Lipinski definition) is 2. The fourth-order valence-electron chi connectivity index (χ4n) is 2.29. The van der Waals surface area contributed by atoms with Crippen LogP contribution in [0.15, 0.2) is 36.4 Å². The zero-order valence-electron chi connectivity index (χ0n) is 14.0. The lowest BCUT2D eigenvalue weighted by molar-refractivity contribution is 0.247. The highest BCUT2D eigenvalue weighted by Crippen LogP contribution is 2.27. The summed E-state index contributed by atoms with van der Waals surface area (Å²) in [4.78, 5) is 11.9. The van der Waals surface area contributed by atoms with Crippen LogP contribution in [0.5, 0.6) is 11.5 Å². The molecule has 0 aliphatic heterocycles. The highest BCUT2D eigenvalue weighted by Gasteiger charge is 2.07. The molecule has 0 aliphatic carbocycles. The SMILES string of the molecule is COc1ccc(Cl)cc1NC(=O)NCCOc1cc(C)cc(C)c1. The van der Waals surface area contributed by atoms with Gasteiger partial charge < -0.3 is 20.1 Å². The number of benzene rings is 2. The maximum absolute atomic E-state index is 11.9. The molecule has 2 amide bonds. The normalized spacial score (nSPS) is 10.2. The minimum absolute atomic E-state index is 0.348. The molecule has 0 spiro atoms. The first kappa shape index (κ1) is 17.9. The molecule has 0 bridgehead atoms. The maximum atomic E-state index is 11.9. The second-order valence-electron chi connectivity index (χ2n) is 5.40. The van der Waals surface area contributed by atoms with Crippen LogP contribution in [0, 0.1) is 13.8 Å². The first-order valence-electron chi connectivity index (χ1n) is 7.57. The van der Waals surface area contributed by atoms with Crippen molar-refractivity contribution in [1.29, 1.82) is 0 Å². The Kier molecular flexibility index (Phi) is 6.32. The molecule has 0 saturated carbocycles. The fraction of sp³-hybridized carbons (Fsp3) is 0.278. The summed E-state index contributed by atoms with van der Waals surface area (Å²) >= 11 is 5.93. The van der Waals surface area contributed by atoms with Gasteiger partial charge in [-0.2, -0.15) is 0 Å². The lowest BCUT2D eigenvalue weighted by atomic mass is 10.1. The van der Waals surface area contributed by atoms with Crippen LogP contribution in [0.4, 0.5) is 10.5 Å². The zero-order chi connectivity index (χ0) is 17.5. The minimum Gasteiger partial charge on any atom is -0.495 e. The molecule has 24 heavy (non-hydrogen) atoms. The van der Waals surface area contributed by atoms with E-state index in [1.807, 2.05) is 26.0 Å². The molecule has 0 heterocycles. The van der Waals surface area contributed by atoms with Crippen molar-refractivity contribution in [2.24, 2.45) is 0 Å². The van der Waals surface area contributed by atoms with Gasteiger partial charge in [0.15, 0.2) is 0 Å². The van der Waals surface area contributed by atoms with Crippen molar-refractivity contribution in [3.8, 4) is 11.5 Å². The first-order chi connectivity index (χ1) is 11.5. The van der Waals surface area contributed by atoms with Gasteiger partial charge in [-0.3, -0.25) is 0 Å². The maximum Gasteiger partial charge on any atom is 0.319 e. The Labute approximate surface area is 146 Å². The smallest absolute Gasteiger partial charge is 0.319 e. The molecule has 2 N–H and O–H groups in total. The number of carbonyl (C=O) groups is 1. The summed E-state index contributed by atoms with van der Waals surface area (Å²) in [5, 5.41) is 5.95. The number of halogens is 1. The summed E-state index contributed by atoms with van der Waals surface area (Å²) in [7, 11) is 1.53. The number of urea groups is 1. The number of rotatable bonds is 6. The Morgan fingerprint density at radius 3 is 2.50 bits per heavy atom. The second-order valence-corrected chi connectivity index (χ2v) is 5.83. The molecular weight excluding hydrogens is 328 g/mol. The van der Waals surface area contributed by atoms with Gasteiger partial charge in [-0.15, -0.1) is 0 Å². The van der Waals surface area contributed by atoms with Crippen molar-refractivity contribution >= 4 is 23.3 Å². The van der Waals surface area contributed by atoms with E-state index in [2.05, 4.69) is 16.7 Å². The van der Waals surface area contributed by atoms with Crippen LogP contribution in [-0.2, 0) is 0 Å². The molecular formula is C18H21ClN2O3.